The minimum atomic E-state index is -0.272. The first-order valence-corrected chi connectivity index (χ1v) is 7.19. The summed E-state index contributed by atoms with van der Waals surface area (Å²) in [5.74, 6) is -0.319. The molecule has 0 aliphatic rings. The normalized spacial score (nSPS) is 10.9. The van der Waals surface area contributed by atoms with E-state index in [4.69, 9.17) is 0 Å². The zero-order valence-corrected chi connectivity index (χ0v) is 11.5. The summed E-state index contributed by atoms with van der Waals surface area (Å²) in [6, 6.07) is 10.0. The Bertz CT molecular complexity index is 775. The van der Waals surface area contributed by atoms with Crippen molar-refractivity contribution in [3.8, 4) is 17.0 Å². The van der Waals surface area contributed by atoms with Crippen LogP contribution in [0.2, 0.25) is 0 Å². The van der Waals surface area contributed by atoms with Crippen molar-refractivity contribution < 1.29 is 9.50 Å². The number of rotatable bonds is 2. The van der Waals surface area contributed by atoms with Crippen LogP contribution >= 0.6 is 11.8 Å². The zero-order chi connectivity index (χ0) is 14.1. The minimum Gasteiger partial charge on any atom is -0.493 e. The monoisotopic (exact) mass is 286 g/mol. The Morgan fingerprint density at radius 2 is 1.80 bits per heavy atom. The average molecular weight is 286 g/mol. The summed E-state index contributed by atoms with van der Waals surface area (Å²) in [5, 5.41) is 10.5. The zero-order valence-electron chi connectivity index (χ0n) is 10.7. The topological polar surface area (TPSA) is 46.0 Å². The number of aromatic nitrogens is 2. The van der Waals surface area contributed by atoms with Gasteiger partial charge in [0.1, 0.15) is 12.1 Å². The number of thioether (sulfide) groups is 1. The Morgan fingerprint density at radius 3 is 2.50 bits per heavy atom. The highest BCUT2D eigenvalue weighted by atomic mass is 32.2. The summed E-state index contributed by atoms with van der Waals surface area (Å²) in [4.78, 5) is 8.96. The van der Waals surface area contributed by atoms with Crippen molar-refractivity contribution in [2.75, 3.05) is 6.26 Å². The molecular formula is C15H11FN2OS. The molecular weight excluding hydrogens is 275 g/mol. The quantitative estimate of drug-likeness (QED) is 0.727. The van der Waals surface area contributed by atoms with Gasteiger partial charge < -0.3 is 5.11 Å². The van der Waals surface area contributed by atoms with E-state index in [1.807, 2.05) is 18.4 Å². The molecule has 0 fully saturated rings. The molecule has 0 bridgehead atoms. The number of aromatic hydroxyl groups is 1. The Labute approximate surface area is 119 Å². The summed E-state index contributed by atoms with van der Waals surface area (Å²) in [6.45, 7) is 0. The number of hydrogen-bond acceptors (Lipinski definition) is 4. The van der Waals surface area contributed by atoms with Crippen LogP contribution < -0.4 is 0 Å². The maximum Gasteiger partial charge on any atom is 0.222 e. The SMILES string of the molecule is CSc1cc(-c2ccc(F)cc2)cc2c(O)ncnc12. The van der Waals surface area contributed by atoms with E-state index in [-0.39, 0.29) is 11.7 Å². The van der Waals surface area contributed by atoms with Gasteiger partial charge in [-0.3, -0.25) is 0 Å². The van der Waals surface area contributed by atoms with Crippen LogP contribution in [0.4, 0.5) is 4.39 Å². The van der Waals surface area contributed by atoms with Crippen LogP contribution in [0.1, 0.15) is 0 Å². The van der Waals surface area contributed by atoms with Gasteiger partial charge >= 0.3 is 0 Å². The third-order valence-electron chi connectivity index (χ3n) is 3.08. The van der Waals surface area contributed by atoms with Gasteiger partial charge in [0, 0.05) is 4.90 Å². The highest BCUT2D eigenvalue weighted by Gasteiger charge is 2.10. The summed E-state index contributed by atoms with van der Waals surface area (Å²) in [6.07, 6.45) is 3.29. The van der Waals surface area contributed by atoms with Crippen LogP contribution in [0.15, 0.2) is 47.6 Å². The first-order chi connectivity index (χ1) is 9.69. The molecule has 1 heterocycles. The molecule has 3 rings (SSSR count). The lowest BCUT2D eigenvalue weighted by molar-refractivity contribution is 0.459. The number of halogens is 1. The lowest BCUT2D eigenvalue weighted by Crippen LogP contribution is -1.88. The van der Waals surface area contributed by atoms with Crippen LogP contribution in [-0.4, -0.2) is 21.3 Å². The molecule has 0 saturated heterocycles. The van der Waals surface area contributed by atoms with Crippen LogP contribution in [-0.2, 0) is 0 Å². The molecule has 5 heteroatoms. The van der Waals surface area contributed by atoms with Gasteiger partial charge in [-0.2, -0.15) is 0 Å². The van der Waals surface area contributed by atoms with Crippen LogP contribution in [0, 0.1) is 5.82 Å². The lowest BCUT2D eigenvalue weighted by Gasteiger charge is -2.08. The Morgan fingerprint density at radius 1 is 1.05 bits per heavy atom. The molecule has 2 aromatic carbocycles. The molecule has 0 spiro atoms. The summed E-state index contributed by atoms with van der Waals surface area (Å²) >= 11 is 1.54. The van der Waals surface area contributed by atoms with Gasteiger partial charge in [0.2, 0.25) is 5.88 Å². The predicted molar refractivity (Wildman–Crippen MR) is 78.4 cm³/mol. The van der Waals surface area contributed by atoms with E-state index in [9.17, 15) is 9.50 Å². The number of fused-ring (bicyclic) bond motifs is 1. The summed E-state index contributed by atoms with van der Waals surface area (Å²) in [5.41, 5.74) is 2.50. The fraction of sp³-hybridized carbons (Fsp3) is 0.0667. The van der Waals surface area contributed by atoms with Crippen LogP contribution in [0.25, 0.3) is 22.0 Å². The molecule has 3 aromatic rings. The van der Waals surface area contributed by atoms with Gasteiger partial charge in [-0.1, -0.05) is 12.1 Å². The lowest BCUT2D eigenvalue weighted by atomic mass is 10.0. The first kappa shape index (κ1) is 12.9. The second kappa shape index (κ2) is 5.09. The largest absolute Gasteiger partial charge is 0.493 e. The van der Waals surface area contributed by atoms with Crippen molar-refractivity contribution in [3.63, 3.8) is 0 Å². The van der Waals surface area contributed by atoms with Gasteiger partial charge in [0.25, 0.3) is 0 Å². The molecule has 0 radical (unpaired) electrons. The standard InChI is InChI=1S/C15H11FN2OS/c1-20-13-7-10(9-2-4-11(16)5-3-9)6-12-14(13)17-8-18-15(12)19/h2-8H,1H3,(H,17,18,19). The van der Waals surface area contributed by atoms with E-state index in [0.717, 1.165) is 21.5 Å². The molecule has 1 N–H and O–H groups in total. The second-order valence-electron chi connectivity index (χ2n) is 4.28. The Hall–Kier alpha value is -2.14. The van der Waals surface area contributed by atoms with Gasteiger partial charge in [-0.25, -0.2) is 14.4 Å². The van der Waals surface area contributed by atoms with Gasteiger partial charge in [0.15, 0.2) is 0 Å². The Kier molecular flexibility index (Phi) is 3.28. The number of nitrogens with zero attached hydrogens (tertiary/aromatic N) is 2. The first-order valence-electron chi connectivity index (χ1n) is 5.96. The Balaban J connectivity index is 2.27. The average Bonchev–Trinajstić information content (AvgIpc) is 2.47. The van der Waals surface area contributed by atoms with E-state index < -0.39 is 0 Å². The molecule has 0 unspecified atom stereocenters. The predicted octanol–water partition coefficient (Wildman–Crippen LogP) is 3.86. The molecule has 0 saturated carbocycles. The van der Waals surface area contributed by atoms with Crippen molar-refractivity contribution in [1.82, 2.24) is 9.97 Å². The third-order valence-corrected chi connectivity index (χ3v) is 3.83. The molecule has 3 nitrogen and oxygen atoms in total. The number of hydrogen-bond donors (Lipinski definition) is 1. The van der Waals surface area contributed by atoms with Gasteiger partial charge in [0.05, 0.1) is 10.9 Å². The molecule has 0 amide bonds. The molecule has 0 aliphatic carbocycles. The van der Waals surface area contributed by atoms with Crippen LogP contribution in [0.3, 0.4) is 0 Å². The fourth-order valence-corrected chi connectivity index (χ4v) is 2.69. The van der Waals surface area contributed by atoms with Crippen molar-refractivity contribution >= 4 is 22.7 Å². The van der Waals surface area contributed by atoms with E-state index in [1.165, 1.54) is 18.5 Å². The van der Waals surface area contributed by atoms with Crippen molar-refractivity contribution in [3.05, 3.63) is 48.5 Å². The van der Waals surface area contributed by atoms with E-state index in [2.05, 4.69) is 9.97 Å². The molecule has 0 aliphatic heterocycles. The fourth-order valence-electron chi connectivity index (χ4n) is 2.09. The van der Waals surface area contributed by atoms with E-state index in [0.29, 0.717) is 5.39 Å². The van der Waals surface area contributed by atoms with Crippen molar-refractivity contribution in [2.24, 2.45) is 0 Å². The molecule has 20 heavy (non-hydrogen) atoms. The highest BCUT2D eigenvalue weighted by Crippen LogP contribution is 2.34. The van der Waals surface area contributed by atoms with Crippen molar-refractivity contribution in [2.45, 2.75) is 4.90 Å². The van der Waals surface area contributed by atoms with Crippen molar-refractivity contribution in [1.29, 1.82) is 0 Å². The maximum absolute atomic E-state index is 13.0. The molecule has 1 aromatic heterocycles. The van der Waals surface area contributed by atoms with E-state index >= 15 is 0 Å². The van der Waals surface area contributed by atoms with Gasteiger partial charge in [-0.05, 0) is 41.6 Å². The van der Waals surface area contributed by atoms with E-state index in [1.54, 1.807) is 23.9 Å². The smallest absolute Gasteiger partial charge is 0.222 e. The summed E-state index contributed by atoms with van der Waals surface area (Å²) < 4.78 is 13.0. The van der Waals surface area contributed by atoms with Gasteiger partial charge in [-0.15, -0.1) is 11.8 Å². The highest BCUT2D eigenvalue weighted by molar-refractivity contribution is 7.98. The van der Waals surface area contributed by atoms with Crippen LogP contribution in [0.5, 0.6) is 5.88 Å². The third kappa shape index (κ3) is 2.20. The second-order valence-corrected chi connectivity index (χ2v) is 5.13. The summed E-state index contributed by atoms with van der Waals surface area (Å²) in [7, 11) is 0. The minimum absolute atomic E-state index is 0.0470. The molecule has 100 valence electrons. The number of benzene rings is 2. The maximum atomic E-state index is 13.0. The molecule has 0 atom stereocenters.